The van der Waals surface area contributed by atoms with Crippen molar-refractivity contribution in [2.45, 2.75) is 31.0 Å². The number of rotatable bonds is 3. The molecule has 2 bridgehead atoms. The number of hydrogen-bond donors (Lipinski definition) is 1. The van der Waals surface area contributed by atoms with E-state index in [9.17, 15) is 14.7 Å². The number of aliphatic hydroxyl groups is 1. The van der Waals surface area contributed by atoms with Crippen molar-refractivity contribution in [3.63, 3.8) is 0 Å². The van der Waals surface area contributed by atoms with Gasteiger partial charge in [0.1, 0.15) is 12.7 Å². The maximum absolute atomic E-state index is 12.0. The zero-order valence-corrected chi connectivity index (χ0v) is 11.5. The zero-order chi connectivity index (χ0) is 14.7. The highest BCUT2D eigenvalue weighted by molar-refractivity contribution is 5.90. The van der Waals surface area contributed by atoms with Gasteiger partial charge in [0.05, 0.1) is 11.0 Å². The number of benzene rings is 1. The van der Waals surface area contributed by atoms with Crippen LogP contribution in [-0.2, 0) is 14.3 Å². The quantitative estimate of drug-likeness (QED) is 0.849. The molecule has 0 aromatic heterocycles. The summed E-state index contributed by atoms with van der Waals surface area (Å²) in [5.41, 5.74) is -1.73. The van der Waals surface area contributed by atoms with Gasteiger partial charge in [0.2, 0.25) is 0 Å². The van der Waals surface area contributed by atoms with Gasteiger partial charge in [0.15, 0.2) is 5.60 Å². The Morgan fingerprint density at radius 2 is 2.10 bits per heavy atom. The second kappa shape index (κ2) is 4.07. The third-order valence-corrected chi connectivity index (χ3v) is 5.39. The first-order valence-corrected chi connectivity index (χ1v) is 7.23. The molecule has 1 N–H and O–H groups in total. The monoisotopic (exact) mass is 288 g/mol. The van der Waals surface area contributed by atoms with Gasteiger partial charge in [-0.1, -0.05) is 18.2 Å². The molecule has 1 aromatic carbocycles. The number of carbonyl (C=O) groups excluding carboxylic acids is 2. The van der Waals surface area contributed by atoms with E-state index in [0.29, 0.717) is 12.0 Å². The van der Waals surface area contributed by atoms with Gasteiger partial charge in [-0.25, -0.2) is 9.59 Å². The number of fused-ring (bicyclic) bond motifs is 2. The van der Waals surface area contributed by atoms with Gasteiger partial charge >= 0.3 is 11.9 Å². The number of hydrogen-bond acceptors (Lipinski definition) is 5. The third-order valence-electron chi connectivity index (χ3n) is 5.39. The summed E-state index contributed by atoms with van der Waals surface area (Å²) in [6.45, 7) is 0.0319. The molecule has 0 unspecified atom stereocenters. The average molecular weight is 288 g/mol. The molecule has 0 spiro atoms. The Kier molecular flexibility index (Phi) is 2.49. The smallest absolute Gasteiger partial charge is 0.339 e. The summed E-state index contributed by atoms with van der Waals surface area (Å²) in [6, 6.07) is 8.70. The van der Waals surface area contributed by atoms with Crippen molar-refractivity contribution >= 4 is 11.9 Å². The highest BCUT2D eigenvalue weighted by atomic mass is 16.6. The minimum atomic E-state index is -1.45. The van der Waals surface area contributed by atoms with Crippen molar-refractivity contribution < 1.29 is 24.2 Å². The predicted octanol–water partition coefficient (Wildman–Crippen LogP) is 1.30. The molecule has 1 aromatic rings. The summed E-state index contributed by atoms with van der Waals surface area (Å²) >= 11 is 0. The molecule has 3 aliphatic rings. The van der Waals surface area contributed by atoms with E-state index in [1.54, 1.807) is 24.3 Å². The van der Waals surface area contributed by atoms with Gasteiger partial charge in [-0.15, -0.1) is 0 Å². The fraction of sp³-hybridized carbons (Fsp3) is 0.500. The Morgan fingerprint density at radius 3 is 2.81 bits per heavy atom. The third kappa shape index (κ3) is 1.44. The Morgan fingerprint density at radius 1 is 1.33 bits per heavy atom. The van der Waals surface area contributed by atoms with E-state index >= 15 is 0 Å². The molecule has 5 heteroatoms. The summed E-state index contributed by atoms with van der Waals surface area (Å²) in [5.74, 6) is -1.04. The SMILES string of the molecule is O=C(OC[C@]12C[C@@H]3CC[C@H]1OC(=O)[C@@]32O)c1ccccc1. The molecule has 3 fully saturated rings. The average Bonchev–Trinajstić information content (AvgIpc) is 2.60. The van der Waals surface area contributed by atoms with Crippen molar-refractivity contribution in [2.75, 3.05) is 6.61 Å². The van der Waals surface area contributed by atoms with Crippen LogP contribution in [-0.4, -0.2) is 35.4 Å². The summed E-state index contributed by atoms with van der Waals surface area (Å²) in [4.78, 5) is 24.0. The van der Waals surface area contributed by atoms with Crippen molar-refractivity contribution in [1.82, 2.24) is 0 Å². The van der Waals surface area contributed by atoms with Crippen molar-refractivity contribution in [1.29, 1.82) is 0 Å². The molecule has 21 heavy (non-hydrogen) atoms. The van der Waals surface area contributed by atoms with Crippen LogP contribution >= 0.6 is 0 Å². The minimum Gasteiger partial charge on any atom is -0.461 e. The standard InChI is InChI=1S/C16H16O5/c17-13(10-4-2-1-3-5-10)20-9-15-8-11-6-7-12(15)21-14(18)16(11,15)19/h1-5,11-12,19H,6-9H2/t11-,12+,15+,16-/m0/s1. The number of carbonyl (C=O) groups is 2. The van der Waals surface area contributed by atoms with Crippen LogP contribution in [0.15, 0.2) is 30.3 Å². The largest absolute Gasteiger partial charge is 0.461 e. The lowest BCUT2D eigenvalue weighted by Gasteiger charge is -2.58. The normalized spacial score (nSPS) is 39.4. The first kappa shape index (κ1) is 12.8. The molecule has 1 aliphatic heterocycles. The van der Waals surface area contributed by atoms with Crippen LogP contribution < -0.4 is 0 Å². The van der Waals surface area contributed by atoms with E-state index in [-0.39, 0.29) is 18.6 Å². The highest BCUT2D eigenvalue weighted by Gasteiger charge is 2.80. The molecule has 0 radical (unpaired) electrons. The molecular weight excluding hydrogens is 272 g/mol. The second-order valence-electron chi connectivity index (χ2n) is 6.24. The Bertz CT molecular complexity index is 612. The lowest BCUT2D eigenvalue weighted by Crippen LogP contribution is -2.71. The topological polar surface area (TPSA) is 72.8 Å². The first-order valence-electron chi connectivity index (χ1n) is 7.23. The van der Waals surface area contributed by atoms with Gasteiger partial charge in [-0.05, 0) is 31.4 Å². The van der Waals surface area contributed by atoms with Crippen LogP contribution in [0.3, 0.4) is 0 Å². The van der Waals surface area contributed by atoms with E-state index in [0.717, 1.165) is 12.8 Å². The van der Waals surface area contributed by atoms with Crippen LogP contribution in [0.4, 0.5) is 0 Å². The van der Waals surface area contributed by atoms with Gasteiger partial charge in [0.25, 0.3) is 0 Å². The van der Waals surface area contributed by atoms with Crippen molar-refractivity contribution in [3.8, 4) is 0 Å². The van der Waals surface area contributed by atoms with E-state index in [1.807, 2.05) is 6.07 Å². The summed E-state index contributed by atoms with van der Waals surface area (Å²) in [5, 5.41) is 10.7. The van der Waals surface area contributed by atoms with Crippen LogP contribution in [0, 0.1) is 11.3 Å². The van der Waals surface area contributed by atoms with Crippen LogP contribution in [0.5, 0.6) is 0 Å². The summed E-state index contributed by atoms with van der Waals surface area (Å²) in [6.07, 6.45) is 1.88. The first-order chi connectivity index (χ1) is 10.1. The fourth-order valence-corrected chi connectivity index (χ4v) is 4.21. The molecule has 2 aliphatic carbocycles. The lowest BCUT2D eigenvalue weighted by molar-refractivity contribution is -0.232. The Labute approximate surface area is 121 Å². The Hall–Kier alpha value is -1.88. The van der Waals surface area contributed by atoms with Gasteiger partial charge in [-0.2, -0.15) is 0 Å². The van der Waals surface area contributed by atoms with Crippen LogP contribution in [0.2, 0.25) is 0 Å². The van der Waals surface area contributed by atoms with Crippen LogP contribution in [0.1, 0.15) is 29.6 Å². The lowest BCUT2D eigenvalue weighted by atomic mass is 9.45. The Balaban J connectivity index is 1.53. The molecule has 2 saturated carbocycles. The van der Waals surface area contributed by atoms with E-state index in [2.05, 4.69) is 0 Å². The van der Waals surface area contributed by atoms with Crippen molar-refractivity contribution in [3.05, 3.63) is 35.9 Å². The molecule has 1 saturated heterocycles. The number of ether oxygens (including phenoxy) is 2. The summed E-state index contributed by atoms with van der Waals surface area (Å²) < 4.78 is 10.7. The maximum atomic E-state index is 12.0. The van der Waals surface area contributed by atoms with Gasteiger partial charge in [0, 0.05) is 5.92 Å². The zero-order valence-electron chi connectivity index (χ0n) is 11.5. The predicted molar refractivity (Wildman–Crippen MR) is 71.3 cm³/mol. The van der Waals surface area contributed by atoms with Gasteiger partial charge < -0.3 is 14.6 Å². The molecule has 1 heterocycles. The van der Waals surface area contributed by atoms with Crippen molar-refractivity contribution in [2.24, 2.45) is 11.3 Å². The molecule has 5 nitrogen and oxygen atoms in total. The highest BCUT2D eigenvalue weighted by Crippen LogP contribution is 2.67. The van der Waals surface area contributed by atoms with Crippen LogP contribution in [0.25, 0.3) is 0 Å². The minimum absolute atomic E-state index is 0.0319. The molecule has 0 amide bonds. The van der Waals surface area contributed by atoms with E-state index in [4.69, 9.17) is 9.47 Å². The maximum Gasteiger partial charge on any atom is 0.339 e. The molecule has 110 valence electrons. The molecular formula is C16H16O5. The van der Waals surface area contributed by atoms with E-state index in [1.165, 1.54) is 0 Å². The van der Waals surface area contributed by atoms with E-state index < -0.39 is 23.0 Å². The fourth-order valence-electron chi connectivity index (χ4n) is 4.21. The van der Waals surface area contributed by atoms with Gasteiger partial charge in [-0.3, -0.25) is 0 Å². The summed E-state index contributed by atoms with van der Waals surface area (Å²) in [7, 11) is 0. The second-order valence-corrected chi connectivity index (χ2v) is 6.24. The number of esters is 2. The molecule has 4 rings (SSSR count). The molecule has 4 atom stereocenters.